The predicted molar refractivity (Wildman–Crippen MR) is 64.5 cm³/mol. The summed E-state index contributed by atoms with van der Waals surface area (Å²) in [6, 6.07) is 9.30. The first-order valence-electron chi connectivity index (χ1n) is 5.48. The fraction of sp³-hybridized carbons (Fsp3) is 0.154. The molecule has 0 aliphatic carbocycles. The molecule has 86 valence electrons. The molecular weight excluding hydrogens is 216 g/mol. The number of nitrogens with two attached hydrogens (primary N) is 1. The van der Waals surface area contributed by atoms with Crippen molar-refractivity contribution in [1.29, 1.82) is 0 Å². The van der Waals surface area contributed by atoms with Gasteiger partial charge in [-0.3, -0.25) is 0 Å². The van der Waals surface area contributed by atoms with Crippen molar-refractivity contribution in [1.82, 2.24) is 4.98 Å². The Labute approximate surface area is 98.0 Å². The van der Waals surface area contributed by atoms with Gasteiger partial charge in [0.2, 0.25) is 0 Å². The third-order valence-electron chi connectivity index (χ3n) is 2.62. The number of hydrogen-bond acceptors (Lipinski definition) is 4. The topological polar surface area (TPSA) is 65.2 Å². The average Bonchev–Trinajstić information content (AvgIpc) is 2.94. The molecule has 0 fully saturated rings. The highest BCUT2D eigenvalue weighted by atomic mass is 16.3. The maximum atomic E-state index is 5.68. The molecule has 0 radical (unpaired) electrons. The SMILES string of the molecule is Nc1ccc2nc(CCc3ccco3)oc2c1. The van der Waals surface area contributed by atoms with Crippen LogP contribution in [0, 0.1) is 0 Å². The standard InChI is InChI=1S/C13H12N2O2/c14-9-3-5-11-12(8-9)17-13(15-11)6-4-10-2-1-7-16-10/h1-3,5,7-8H,4,6,14H2. The molecule has 3 rings (SSSR count). The second-order valence-electron chi connectivity index (χ2n) is 3.91. The Bertz CT molecular complexity index is 626. The molecule has 0 aliphatic heterocycles. The summed E-state index contributed by atoms with van der Waals surface area (Å²) < 4.78 is 10.9. The lowest BCUT2D eigenvalue weighted by atomic mass is 10.2. The van der Waals surface area contributed by atoms with E-state index in [1.54, 1.807) is 12.3 Å². The normalized spacial score (nSPS) is 11.1. The van der Waals surface area contributed by atoms with Gasteiger partial charge in [0.15, 0.2) is 11.5 Å². The first kappa shape index (κ1) is 9.96. The lowest BCUT2D eigenvalue weighted by Gasteiger charge is -1.92. The van der Waals surface area contributed by atoms with Crippen LogP contribution in [0.5, 0.6) is 0 Å². The number of aromatic nitrogens is 1. The van der Waals surface area contributed by atoms with Gasteiger partial charge in [-0.25, -0.2) is 4.98 Å². The predicted octanol–water partition coefficient (Wildman–Crippen LogP) is 2.79. The molecular formula is C13H12N2O2. The van der Waals surface area contributed by atoms with Gasteiger partial charge in [0.1, 0.15) is 11.3 Å². The Morgan fingerprint density at radius 1 is 1.18 bits per heavy atom. The number of oxazole rings is 1. The van der Waals surface area contributed by atoms with Crippen molar-refractivity contribution < 1.29 is 8.83 Å². The fourth-order valence-electron chi connectivity index (χ4n) is 1.78. The van der Waals surface area contributed by atoms with Crippen molar-refractivity contribution in [2.24, 2.45) is 0 Å². The van der Waals surface area contributed by atoms with E-state index in [1.807, 2.05) is 24.3 Å². The number of fused-ring (bicyclic) bond motifs is 1. The third-order valence-corrected chi connectivity index (χ3v) is 2.62. The Kier molecular flexibility index (Phi) is 2.33. The first-order chi connectivity index (χ1) is 8.31. The van der Waals surface area contributed by atoms with Crippen LogP contribution in [-0.2, 0) is 12.8 Å². The van der Waals surface area contributed by atoms with Crippen molar-refractivity contribution >= 4 is 16.8 Å². The van der Waals surface area contributed by atoms with Gasteiger partial charge in [-0.15, -0.1) is 0 Å². The van der Waals surface area contributed by atoms with Crippen LogP contribution in [0.3, 0.4) is 0 Å². The molecule has 0 unspecified atom stereocenters. The van der Waals surface area contributed by atoms with Gasteiger partial charge in [-0.05, 0) is 24.3 Å². The van der Waals surface area contributed by atoms with Crippen LogP contribution in [0.1, 0.15) is 11.7 Å². The van der Waals surface area contributed by atoms with Crippen molar-refractivity contribution in [2.75, 3.05) is 5.73 Å². The first-order valence-corrected chi connectivity index (χ1v) is 5.48. The van der Waals surface area contributed by atoms with Gasteiger partial charge in [-0.2, -0.15) is 0 Å². The van der Waals surface area contributed by atoms with Gasteiger partial charge in [0, 0.05) is 24.6 Å². The molecule has 0 spiro atoms. The summed E-state index contributed by atoms with van der Waals surface area (Å²) in [5.74, 6) is 1.65. The van der Waals surface area contributed by atoms with E-state index >= 15 is 0 Å². The number of hydrogen-bond donors (Lipinski definition) is 1. The Hall–Kier alpha value is -2.23. The van der Waals surface area contributed by atoms with Gasteiger partial charge < -0.3 is 14.6 Å². The van der Waals surface area contributed by atoms with E-state index in [9.17, 15) is 0 Å². The minimum atomic E-state index is 0.686. The zero-order chi connectivity index (χ0) is 11.7. The molecule has 17 heavy (non-hydrogen) atoms. The summed E-state index contributed by atoms with van der Waals surface area (Å²) in [5, 5.41) is 0. The van der Waals surface area contributed by atoms with E-state index < -0.39 is 0 Å². The van der Waals surface area contributed by atoms with Crippen LogP contribution in [0.2, 0.25) is 0 Å². The number of benzene rings is 1. The van der Waals surface area contributed by atoms with Crippen molar-refractivity contribution in [2.45, 2.75) is 12.8 Å². The highest BCUT2D eigenvalue weighted by Crippen LogP contribution is 2.19. The number of nitrogen functional groups attached to an aromatic ring is 1. The average molecular weight is 228 g/mol. The Balaban J connectivity index is 1.81. The minimum Gasteiger partial charge on any atom is -0.469 e. The number of nitrogens with zero attached hydrogens (tertiary/aromatic N) is 1. The molecule has 3 aromatic rings. The highest BCUT2D eigenvalue weighted by Gasteiger charge is 2.06. The molecule has 0 saturated heterocycles. The summed E-state index contributed by atoms with van der Waals surface area (Å²) in [6.07, 6.45) is 3.18. The molecule has 2 N–H and O–H groups in total. The molecule has 0 bridgehead atoms. The van der Waals surface area contributed by atoms with Crippen LogP contribution < -0.4 is 5.73 Å². The smallest absolute Gasteiger partial charge is 0.195 e. The molecule has 0 atom stereocenters. The van der Waals surface area contributed by atoms with E-state index in [1.165, 1.54) is 0 Å². The molecule has 0 aliphatic rings. The maximum Gasteiger partial charge on any atom is 0.195 e. The van der Waals surface area contributed by atoms with Crippen LogP contribution in [0.15, 0.2) is 45.4 Å². The van der Waals surface area contributed by atoms with E-state index in [2.05, 4.69) is 4.98 Å². The quantitative estimate of drug-likeness (QED) is 0.700. The summed E-state index contributed by atoms with van der Waals surface area (Å²) in [6.45, 7) is 0. The number of aryl methyl sites for hydroxylation is 2. The van der Waals surface area contributed by atoms with Crippen molar-refractivity contribution in [3.05, 3.63) is 48.2 Å². The van der Waals surface area contributed by atoms with Gasteiger partial charge in [-0.1, -0.05) is 0 Å². The zero-order valence-corrected chi connectivity index (χ0v) is 9.22. The summed E-state index contributed by atoms with van der Waals surface area (Å²) >= 11 is 0. The molecule has 2 aromatic heterocycles. The summed E-state index contributed by atoms with van der Waals surface area (Å²) in [4.78, 5) is 4.39. The van der Waals surface area contributed by atoms with E-state index in [4.69, 9.17) is 14.6 Å². The number of rotatable bonds is 3. The monoisotopic (exact) mass is 228 g/mol. The summed E-state index contributed by atoms with van der Waals surface area (Å²) in [5.41, 5.74) is 7.94. The van der Waals surface area contributed by atoms with Crippen LogP contribution in [-0.4, -0.2) is 4.98 Å². The molecule has 0 saturated carbocycles. The van der Waals surface area contributed by atoms with Crippen LogP contribution in [0.25, 0.3) is 11.1 Å². The highest BCUT2D eigenvalue weighted by molar-refractivity contribution is 5.76. The molecule has 4 heteroatoms. The Morgan fingerprint density at radius 3 is 2.94 bits per heavy atom. The fourth-order valence-corrected chi connectivity index (χ4v) is 1.78. The number of anilines is 1. The minimum absolute atomic E-state index is 0.686. The number of furan rings is 1. The lowest BCUT2D eigenvalue weighted by molar-refractivity contribution is 0.480. The van der Waals surface area contributed by atoms with E-state index in [0.717, 1.165) is 29.7 Å². The molecule has 4 nitrogen and oxygen atoms in total. The third kappa shape index (κ3) is 2.01. The second kappa shape index (κ2) is 3.97. The molecule has 2 heterocycles. The van der Waals surface area contributed by atoms with Gasteiger partial charge in [0.25, 0.3) is 0 Å². The second-order valence-corrected chi connectivity index (χ2v) is 3.91. The van der Waals surface area contributed by atoms with Crippen LogP contribution in [0.4, 0.5) is 5.69 Å². The lowest BCUT2D eigenvalue weighted by Crippen LogP contribution is -1.88. The zero-order valence-electron chi connectivity index (χ0n) is 9.22. The Morgan fingerprint density at radius 2 is 2.12 bits per heavy atom. The van der Waals surface area contributed by atoms with Gasteiger partial charge in [0.05, 0.1) is 6.26 Å². The van der Waals surface area contributed by atoms with E-state index in [-0.39, 0.29) is 0 Å². The summed E-state index contributed by atoms with van der Waals surface area (Å²) in [7, 11) is 0. The van der Waals surface area contributed by atoms with Crippen LogP contribution >= 0.6 is 0 Å². The maximum absolute atomic E-state index is 5.68. The van der Waals surface area contributed by atoms with E-state index in [0.29, 0.717) is 11.6 Å². The van der Waals surface area contributed by atoms with Crippen molar-refractivity contribution in [3.63, 3.8) is 0 Å². The largest absolute Gasteiger partial charge is 0.469 e. The molecule has 1 aromatic carbocycles. The molecule has 0 amide bonds. The van der Waals surface area contributed by atoms with Gasteiger partial charge >= 0.3 is 0 Å². The van der Waals surface area contributed by atoms with Crippen molar-refractivity contribution in [3.8, 4) is 0 Å².